The monoisotopic (exact) mass is 369 g/mol. The number of hydrogen-bond donors (Lipinski definition) is 2. The first kappa shape index (κ1) is 22.7. The minimum Gasteiger partial charge on any atom is -0.372 e. The van der Waals surface area contributed by atoms with Crippen molar-refractivity contribution < 1.29 is 4.79 Å². The molecule has 0 heterocycles. The number of carbonyl (C=O) groups excluding carboxylic acids is 1. The zero-order valence-corrected chi connectivity index (χ0v) is 16.0. The van der Waals surface area contributed by atoms with E-state index < -0.39 is 0 Å². The van der Waals surface area contributed by atoms with Crippen LogP contribution in [0.3, 0.4) is 0 Å². The third kappa shape index (κ3) is 7.43. The van der Waals surface area contributed by atoms with Crippen molar-refractivity contribution in [2.75, 3.05) is 18.0 Å². The molecular formula is C23H35N3O. The van der Waals surface area contributed by atoms with Gasteiger partial charge in [0.1, 0.15) is 0 Å². The van der Waals surface area contributed by atoms with Gasteiger partial charge in [-0.25, -0.2) is 5.84 Å². The molecule has 0 unspecified atom stereocenters. The van der Waals surface area contributed by atoms with Gasteiger partial charge in [0.05, 0.1) is 6.42 Å². The van der Waals surface area contributed by atoms with Gasteiger partial charge in [-0.3, -0.25) is 10.2 Å². The van der Waals surface area contributed by atoms with Gasteiger partial charge in [-0.05, 0) is 54.5 Å². The fourth-order valence-electron chi connectivity index (χ4n) is 3.13. The van der Waals surface area contributed by atoms with Crippen LogP contribution in [0.2, 0.25) is 0 Å². The number of anilines is 1. The minimum absolute atomic E-state index is 0. The molecule has 0 aliphatic heterocycles. The average molecular weight is 370 g/mol. The van der Waals surface area contributed by atoms with E-state index in [1.54, 1.807) is 0 Å². The van der Waals surface area contributed by atoms with Crippen LogP contribution < -0.4 is 16.2 Å². The number of benzene rings is 2. The number of hydrogen-bond acceptors (Lipinski definition) is 3. The molecule has 0 spiro atoms. The molecule has 4 heteroatoms. The Balaban J connectivity index is 0.00000364. The van der Waals surface area contributed by atoms with E-state index in [2.05, 4.69) is 60.6 Å². The summed E-state index contributed by atoms with van der Waals surface area (Å²) in [6, 6.07) is 17.2. The number of amides is 1. The summed E-state index contributed by atoms with van der Waals surface area (Å²) in [6.07, 6.45) is 4.68. The third-order valence-electron chi connectivity index (χ3n) is 4.54. The van der Waals surface area contributed by atoms with Crippen molar-refractivity contribution in [1.82, 2.24) is 5.43 Å². The van der Waals surface area contributed by atoms with Gasteiger partial charge < -0.3 is 4.90 Å². The molecule has 2 aromatic carbocycles. The number of nitrogens with zero attached hydrogens (tertiary/aromatic N) is 1. The van der Waals surface area contributed by atoms with E-state index in [9.17, 15) is 4.79 Å². The Labute approximate surface area is 164 Å². The van der Waals surface area contributed by atoms with E-state index in [0.717, 1.165) is 31.5 Å². The van der Waals surface area contributed by atoms with Crippen molar-refractivity contribution >= 4 is 11.6 Å². The topological polar surface area (TPSA) is 58.4 Å². The SMILES string of the molecule is C.CCCN(CCC)c1ccc(CCc2ccc(CC(=O)NN)cc2)cc1. The van der Waals surface area contributed by atoms with Crippen LogP contribution in [-0.2, 0) is 24.1 Å². The van der Waals surface area contributed by atoms with E-state index in [1.807, 2.05) is 12.1 Å². The van der Waals surface area contributed by atoms with Crippen LogP contribution in [-0.4, -0.2) is 19.0 Å². The predicted molar refractivity (Wildman–Crippen MR) is 116 cm³/mol. The fraction of sp³-hybridized carbons (Fsp3) is 0.435. The molecule has 1 amide bonds. The summed E-state index contributed by atoms with van der Waals surface area (Å²) in [6.45, 7) is 6.68. The second-order valence-electron chi connectivity index (χ2n) is 6.71. The van der Waals surface area contributed by atoms with Gasteiger partial charge in [0, 0.05) is 18.8 Å². The summed E-state index contributed by atoms with van der Waals surface area (Å²) < 4.78 is 0. The average Bonchev–Trinajstić information content (AvgIpc) is 2.67. The lowest BCUT2D eigenvalue weighted by molar-refractivity contribution is -0.120. The van der Waals surface area contributed by atoms with Crippen LogP contribution in [0, 0.1) is 0 Å². The molecule has 2 rings (SSSR count). The number of hydrazine groups is 1. The quantitative estimate of drug-likeness (QED) is 0.374. The van der Waals surface area contributed by atoms with Crippen LogP contribution in [0.15, 0.2) is 48.5 Å². The van der Waals surface area contributed by atoms with Crippen molar-refractivity contribution in [2.24, 2.45) is 5.84 Å². The summed E-state index contributed by atoms with van der Waals surface area (Å²) in [5.74, 6) is 4.95. The number of rotatable bonds is 10. The van der Waals surface area contributed by atoms with Crippen molar-refractivity contribution in [1.29, 1.82) is 0 Å². The second kappa shape index (κ2) is 12.1. The molecule has 0 atom stereocenters. The Morgan fingerprint density at radius 3 is 1.74 bits per heavy atom. The van der Waals surface area contributed by atoms with Crippen molar-refractivity contribution in [2.45, 2.75) is 53.4 Å². The molecule has 2 aromatic rings. The molecule has 27 heavy (non-hydrogen) atoms. The standard InChI is InChI=1S/C22H31N3O.CH4/c1-3-15-25(16-4-2)21-13-11-19(12-14-21)6-5-18-7-9-20(10-8-18)17-22(26)24-23;/h7-14H,3-6,15-17,23H2,1-2H3,(H,24,26);1H4. The normalized spacial score (nSPS) is 10.2. The Hall–Kier alpha value is -2.33. The Kier molecular flexibility index (Phi) is 10.2. The summed E-state index contributed by atoms with van der Waals surface area (Å²) in [5.41, 5.74) is 7.10. The maximum Gasteiger partial charge on any atom is 0.238 e. The van der Waals surface area contributed by atoms with E-state index in [-0.39, 0.29) is 13.3 Å². The van der Waals surface area contributed by atoms with E-state index in [4.69, 9.17) is 5.84 Å². The Morgan fingerprint density at radius 1 is 0.852 bits per heavy atom. The van der Waals surface area contributed by atoms with Crippen LogP contribution in [0.4, 0.5) is 5.69 Å². The lowest BCUT2D eigenvalue weighted by Gasteiger charge is -2.24. The van der Waals surface area contributed by atoms with E-state index >= 15 is 0 Å². The van der Waals surface area contributed by atoms with E-state index in [1.165, 1.54) is 29.7 Å². The smallest absolute Gasteiger partial charge is 0.238 e. The molecule has 0 aromatic heterocycles. The summed E-state index contributed by atoms with van der Waals surface area (Å²) in [4.78, 5) is 13.8. The molecule has 0 saturated carbocycles. The highest BCUT2D eigenvalue weighted by Crippen LogP contribution is 2.17. The van der Waals surface area contributed by atoms with Crippen molar-refractivity contribution in [3.63, 3.8) is 0 Å². The van der Waals surface area contributed by atoms with Crippen molar-refractivity contribution in [3.05, 3.63) is 65.2 Å². The highest BCUT2D eigenvalue weighted by molar-refractivity contribution is 5.77. The predicted octanol–water partition coefficient (Wildman–Crippen LogP) is 4.27. The van der Waals surface area contributed by atoms with Gasteiger partial charge in [0.2, 0.25) is 5.91 Å². The Bertz CT molecular complexity index is 659. The number of nitrogens with one attached hydrogen (secondary N) is 1. The first-order valence-electron chi connectivity index (χ1n) is 9.57. The minimum atomic E-state index is -0.168. The lowest BCUT2D eigenvalue weighted by Crippen LogP contribution is -2.31. The second-order valence-corrected chi connectivity index (χ2v) is 6.71. The first-order chi connectivity index (χ1) is 12.7. The van der Waals surface area contributed by atoms with Crippen LogP contribution in [0.1, 0.15) is 50.8 Å². The first-order valence-corrected chi connectivity index (χ1v) is 9.57. The van der Waals surface area contributed by atoms with Crippen molar-refractivity contribution in [3.8, 4) is 0 Å². The zero-order valence-electron chi connectivity index (χ0n) is 16.0. The zero-order chi connectivity index (χ0) is 18.8. The molecule has 0 saturated heterocycles. The summed E-state index contributed by atoms with van der Waals surface area (Å²) >= 11 is 0. The summed E-state index contributed by atoms with van der Waals surface area (Å²) in [5, 5.41) is 0. The van der Waals surface area contributed by atoms with Gasteiger partial charge in [-0.15, -0.1) is 0 Å². The van der Waals surface area contributed by atoms with E-state index in [0.29, 0.717) is 6.42 Å². The summed E-state index contributed by atoms with van der Waals surface area (Å²) in [7, 11) is 0. The molecule has 4 nitrogen and oxygen atoms in total. The fourth-order valence-corrected chi connectivity index (χ4v) is 3.13. The van der Waals surface area contributed by atoms with Gasteiger partial charge in [0.15, 0.2) is 0 Å². The number of carbonyl (C=O) groups is 1. The highest BCUT2D eigenvalue weighted by Gasteiger charge is 2.05. The van der Waals surface area contributed by atoms with Gasteiger partial charge >= 0.3 is 0 Å². The molecule has 3 N–H and O–H groups in total. The molecular weight excluding hydrogens is 334 g/mol. The van der Waals surface area contributed by atoms with Gasteiger partial charge in [0.25, 0.3) is 0 Å². The van der Waals surface area contributed by atoms with Crippen LogP contribution in [0.25, 0.3) is 0 Å². The largest absolute Gasteiger partial charge is 0.372 e. The highest BCUT2D eigenvalue weighted by atomic mass is 16.2. The third-order valence-corrected chi connectivity index (χ3v) is 4.54. The maximum absolute atomic E-state index is 11.3. The van der Waals surface area contributed by atoms with Gasteiger partial charge in [-0.2, -0.15) is 0 Å². The molecule has 148 valence electrons. The van der Waals surface area contributed by atoms with Gasteiger partial charge in [-0.1, -0.05) is 57.7 Å². The number of nitrogens with two attached hydrogens (primary N) is 1. The lowest BCUT2D eigenvalue weighted by atomic mass is 10.0. The van der Waals surface area contributed by atoms with Crippen LogP contribution >= 0.6 is 0 Å². The number of aryl methyl sites for hydroxylation is 2. The molecule has 0 fully saturated rings. The molecule has 0 radical (unpaired) electrons. The molecule has 0 aliphatic rings. The van der Waals surface area contributed by atoms with Crippen LogP contribution in [0.5, 0.6) is 0 Å². The molecule has 0 aliphatic carbocycles. The Morgan fingerprint density at radius 2 is 1.30 bits per heavy atom. The molecule has 0 bridgehead atoms. The maximum atomic E-state index is 11.3.